The molecule has 2 rings (SSSR count). The first kappa shape index (κ1) is 9.34. The van der Waals surface area contributed by atoms with E-state index < -0.39 is 0 Å². The van der Waals surface area contributed by atoms with E-state index in [9.17, 15) is 9.18 Å². The normalized spacial score (nSPS) is 22.4. The van der Waals surface area contributed by atoms with Gasteiger partial charge in [-0.25, -0.2) is 4.39 Å². The first-order chi connectivity index (χ1) is 6.79. The van der Waals surface area contributed by atoms with Gasteiger partial charge in [-0.2, -0.15) is 0 Å². The van der Waals surface area contributed by atoms with E-state index in [0.717, 1.165) is 0 Å². The van der Waals surface area contributed by atoms with Crippen molar-refractivity contribution in [2.45, 2.75) is 12.3 Å². The predicted octanol–water partition coefficient (Wildman–Crippen LogP) is 1.47. The standard InChI is InChI=1S/C11H12FNO/c12-10-4-2-1-3-8(10)9-7-13-6-5-11(9)14/h1-4,9,13H,5-7H2. The van der Waals surface area contributed by atoms with Crippen LogP contribution >= 0.6 is 0 Å². The third-order valence-corrected chi connectivity index (χ3v) is 2.57. The SMILES string of the molecule is O=C1CCNCC1c1ccccc1F. The molecule has 0 radical (unpaired) electrons. The van der Waals surface area contributed by atoms with E-state index in [2.05, 4.69) is 5.32 Å². The van der Waals surface area contributed by atoms with Crippen molar-refractivity contribution in [3.05, 3.63) is 35.6 Å². The van der Waals surface area contributed by atoms with E-state index in [1.807, 2.05) is 0 Å². The summed E-state index contributed by atoms with van der Waals surface area (Å²) in [5.74, 6) is -0.451. The smallest absolute Gasteiger partial charge is 0.142 e. The highest BCUT2D eigenvalue weighted by atomic mass is 19.1. The highest BCUT2D eigenvalue weighted by molar-refractivity contribution is 5.86. The average Bonchev–Trinajstić information content (AvgIpc) is 2.20. The molecule has 1 aromatic carbocycles. The predicted molar refractivity (Wildman–Crippen MR) is 51.6 cm³/mol. The zero-order valence-electron chi connectivity index (χ0n) is 7.79. The van der Waals surface area contributed by atoms with Crippen LogP contribution in [-0.4, -0.2) is 18.9 Å². The lowest BCUT2D eigenvalue weighted by Crippen LogP contribution is -2.35. The number of nitrogens with one attached hydrogen (secondary N) is 1. The molecule has 1 unspecified atom stereocenters. The molecule has 1 aliphatic rings. The Morgan fingerprint density at radius 1 is 1.36 bits per heavy atom. The number of piperidine rings is 1. The van der Waals surface area contributed by atoms with Gasteiger partial charge in [0.05, 0.1) is 5.92 Å². The van der Waals surface area contributed by atoms with Gasteiger partial charge in [0.2, 0.25) is 0 Å². The second-order valence-corrected chi connectivity index (χ2v) is 3.49. The molecule has 74 valence electrons. The minimum atomic E-state index is -0.301. The lowest BCUT2D eigenvalue weighted by Gasteiger charge is -2.22. The van der Waals surface area contributed by atoms with Gasteiger partial charge < -0.3 is 5.32 Å². The molecular weight excluding hydrogens is 181 g/mol. The third-order valence-electron chi connectivity index (χ3n) is 2.57. The highest BCUT2D eigenvalue weighted by Crippen LogP contribution is 2.22. The molecule has 0 aliphatic carbocycles. The largest absolute Gasteiger partial charge is 0.315 e. The van der Waals surface area contributed by atoms with E-state index in [4.69, 9.17) is 0 Å². The van der Waals surface area contributed by atoms with Gasteiger partial charge >= 0.3 is 0 Å². The number of halogens is 1. The van der Waals surface area contributed by atoms with E-state index >= 15 is 0 Å². The molecule has 2 nitrogen and oxygen atoms in total. The fourth-order valence-corrected chi connectivity index (χ4v) is 1.79. The number of benzene rings is 1. The molecule has 1 fully saturated rings. The van der Waals surface area contributed by atoms with Crippen molar-refractivity contribution in [1.82, 2.24) is 5.32 Å². The summed E-state index contributed by atoms with van der Waals surface area (Å²) >= 11 is 0. The quantitative estimate of drug-likeness (QED) is 0.731. The Kier molecular flexibility index (Phi) is 2.59. The number of hydrogen-bond donors (Lipinski definition) is 1. The van der Waals surface area contributed by atoms with Crippen LogP contribution in [0.25, 0.3) is 0 Å². The van der Waals surface area contributed by atoms with Crippen molar-refractivity contribution < 1.29 is 9.18 Å². The summed E-state index contributed by atoms with van der Waals surface area (Å²) in [5, 5.41) is 3.10. The zero-order chi connectivity index (χ0) is 9.97. The molecule has 0 amide bonds. The van der Waals surface area contributed by atoms with E-state index in [1.165, 1.54) is 6.07 Å². The molecule has 0 aromatic heterocycles. The molecule has 1 aromatic rings. The van der Waals surface area contributed by atoms with Crippen molar-refractivity contribution in [3.63, 3.8) is 0 Å². The maximum atomic E-state index is 13.4. The second kappa shape index (κ2) is 3.88. The van der Waals surface area contributed by atoms with Crippen LogP contribution in [-0.2, 0) is 4.79 Å². The Labute approximate surface area is 82.1 Å². The molecule has 1 N–H and O–H groups in total. The molecule has 1 saturated heterocycles. The van der Waals surface area contributed by atoms with Crippen LogP contribution in [0.1, 0.15) is 17.9 Å². The van der Waals surface area contributed by atoms with Gasteiger partial charge in [0, 0.05) is 19.5 Å². The van der Waals surface area contributed by atoms with Gasteiger partial charge in [-0.3, -0.25) is 4.79 Å². The van der Waals surface area contributed by atoms with Gasteiger partial charge in [0.25, 0.3) is 0 Å². The van der Waals surface area contributed by atoms with Crippen LogP contribution in [0.2, 0.25) is 0 Å². The second-order valence-electron chi connectivity index (χ2n) is 3.49. The number of rotatable bonds is 1. The van der Waals surface area contributed by atoms with E-state index in [1.54, 1.807) is 18.2 Å². The van der Waals surface area contributed by atoms with E-state index in [-0.39, 0.29) is 17.5 Å². The number of Topliss-reactive ketones (excluding diaryl/α,β-unsaturated/α-hetero) is 1. The minimum absolute atomic E-state index is 0.133. The van der Waals surface area contributed by atoms with Crippen LogP contribution in [0.3, 0.4) is 0 Å². The summed E-state index contributed by atoms with van der Waals surface area (Å²) in [5.41, 5.74) is 0.518. The van der Waals surface area contributed by atoms with Crippen molar-refractivity contribution in [2.24, 2.45) is 0 Å². The number of carbonyl (C=O) groups is 1. The monoisotopic (exact) mass is 193 g/mol. The fraction of sp³-hybridized carbons (Fsp3) is 0.364. The zero-order valence-corrected chi connectivity index (χ0v) is 7.79. The van der Waals surface area contributed by atoms with Gasteiger partial charge in [0.1, 0.15) is 11.6 Å². The number of hydrogen-bond acceptors (Lipinski definition) is 2. The number of ketones is 1. The summed E-state index contributed by atoms with van der Waals surface area (Å²) in [4.78, 5) is 11.5. The van der Waals surface area contributed by atoms with Crippen LogP contribution in [0.5, 0.6) is 0 Å². The van der Waals surface area contributed by atoms with Crippen LogP contribution < -0.4 is 5.32 Å². The van der Waals surface area contributed by atoms with Crippen molar-refractivity contribution in [3.8, 4) is 0 Å². The lowest BCUT2D eigenvalue weighted by atomic mass is 9.90. The molecule has 14 heavy (non-hydrogen) atoms. The molecule has 1 aliphatic heterocycles. The molecule has 1 heterocycles. The maximum absolute atomic E-state index is 13.4. The van der Waals surface area contributed by atoms with Crippen molar-refractivity contribution in [1.29, 1.82) is 0 Å². The van der Waals surface area contributed by atoms with Crippen LogP contribution in [0.15, 0.2) is 24.3 Å². The molecule has 1 atom stereocenters. The Hall–Kier alpha value is -1.22. The number of carbonyl (C=O) groups excluding carboxylic acids is 1. The third kappa shape index (κ3) is 1.68. The lowest BCUT2D eigenvalue weighted by molar-refractivity contribution is -0.121. The first-order valence-corrected chi connectivity index (χ1v) is 4.77. The summed E-state index contributed by atoms with van der Waals surface area (Å²) in [6.07, 6.45) is 0.499. The summed E-state index contributed by atoms with van der Waals surface area (Å²) < 4.78 is 13.4. The van der Waals surface area contributed by atoms with Gasteiger partial charge in [-0.05, 0) is 11.6 Å². The fourth-order valence-electron chi connectivity index (χ4n) is 1.79. The molecule has 0 spiro atoms. The minimum Gasteiger partial charge on any atom is -0.315 e. The average molecular weight is 193 g/mol. The van der Waals surface area contributed by atoms with Crippen molar-refractivity contribution in [2.75, 3.05) is 13.1 Å². The summed E-state index contributed by atoms with van der Waals surface area (Å²) in [6, 6.07) is 6.49. The first-order valence-electron chi connectivity index (χ1n) is 4.77. The van der Waals surface area contributed by atoms with Crippen LogP contribution in [0.4, 0.5) is 4.39 Å². The molecule has 3 heteroatoms. The van der Waals surface area contributed by atoms with Crippen LogP contribution in [0, 0.1) is 5.82 Å². The summed E-state index contributed by atoms with van der Waals surface area (Å²) in [7, 11) is 0. The Morgan fingerprint density at radius 3 is 2.86 bits per heavy atom. The maximum Gasteiger partial charge on any atom is 0.142 e. The topological polar surface area (TPSA) is 29.1 Å². The molecule has 0 saturated carbocycles. The Balaban J connectivity index is 2.29. The Morgan fingerprint density at radius 2 is 2.14 bits per heavy atom. The highest BCUT2D eigenvalue weighted by Gasteiger charge is 2.25. The van der Waals surface area contributed by atoms with Gasteiger partial charge in [-0.1, -0.05) is 18.2 Å². The summed E-state index contributed by atoms with van der Waals surface area (Å²) in [6.45, 7) is 1.27. The van der Waals surface area contributed by atoms with Gasteiger partial charge in [-0.15, -0.1) is 0 Å². The van der Waals surface area contributed by atoms with Crippen molar-refractivity contribution >= 4 is 5.78 Å². The molecule has 0 bridgehead atoms. The van der Waals surface area contributed by atoms with E-state index in [0.29, 0.717) is 25.1 Å². The Bertz CT molecular complexity index is 351. The van der Waals surface area contributed by atoms with Gasteiger partial charge in [0.15, 0.2) is 0 Å². The molecular formula is C11H12FNO.